The maximum absolute atomic E-state index is 11.9. The Bertz CT molecular complexity index is 587. The second kappa shape index (κ2) is 5.71. The topological polar surface area (TPSA) is 51.2 Å². The van der Waals surface area contributed by atoms with Gasteiger partial charge in [-0.3, -0.25) is 9.78 Å². The summed E-state index contributed by atoms with van der Waals surface area (Å²) in [7, 11) is 0. The minimum Gasteiger partial charge on any atom is -0.493 e. The lowest BCUT2D eigenvalue weighted by Gasteiger charge is -2.06. The van der Waals surface area contributed by atoms with Crippen LogP contribution in [0.25, 0.3) is 0 Å². The molecule has 1 aromatic heterocycles. The van der Waals surface area contributed by atoms with Gasteiger partial charge >= 0.3 is 0 Å². The van der Waals surface area contributed by atoms with Crippen molar-refractivity contribution >= 4 is 24.0 Å². The van der Waals surface area contributed by atoms with E-state index in [1.165, 1.54) is 0 Å². The highest BCUT2D eigenvalue weighted by Crippen LogP contribution is 2.27. The van der Waals surface area contributed by atoms with E-state index in [0.717, 1.165) is 30.0 Å². The maximum Gasteiger partial charge on any atom is 0.257 e. The van der Waals surface area contributed by atoms with E-state index < -0.39 is 0 Å². The Morgan fingerprint density at radius 1 is 1.32 bits per heavy atom. The fraction of sp³-hybridized carbons (Fsp3) is 0.143. The number of halogens is 1. The summed E-state index contributed by atoms with van der Waals surface area (Å²) in [6.07, 6.45) is 4.08. The van der Waals surface area contributed by atoms with Gasteiger partial charge in [0.1, 0.15) is 5.75 Å². The van der Waals surface area contributed by atoms with E-state index >= 15 is 0 Å². The van der Waals surface area contributed by atoms with Crippen molar-refractivity contribution in [2.24, 2.45) is 0 Å². The van der Waals surface area contributed by atoms with Crippen molar-refractivity contribution in [2.45, 2.75) is 6.42 Å². The molecule has 2 heterocycles. The molecule has 1 amide bonds. The summed E-state index contributed by atoms with van der Waals surface area (Å²) in [5, 5.41) is 2.85. The number of nitrogens with one attached hydrogen (secondary N) is 1. The van der Waals surface area contributed by atoms with Crippen LogP contribution in [0.3, 0.4) is 0 Å². The highest BCUT2D eigenvalue weighted by molar-refractivity contribution is 6.04. The van der Waals surface area contributed by atoms with Crippen LogP contribution in [0, 0.1) is 0 Å². The molecule has 0 saturated carbocycles. The van der Waals surface area contributed by atoms with E-state index in [4.69, 9.17) is 4.74 Å². The minimum atomic E-state index is -0.151. The molecule has 0 spiro atoms. The van der Waals surface area contributed by atoms with Gasteiger partial charge in [-0.1, -0.05) is 0 Å². The molecule has 0 radical (unpaired) electrons. The Morgan fingerprint density at radius 3 is 3.00 bits per heavy atom. The number of rotatable bonds is 2. The van der Waals surface area contributed by atoms with E-state index in [1.807, 2.05) is 18.2 Å². The number of carbonyl (C=O) groups is 1. The van der Waals surface area contributed by atoms with Crippen LogP contribution in [-0.4, -0.2) is 17.5 Å². The van der Waals surface area contributed by atoms with Gasteiger partial charge in [0.2, 0.25) is 0 Å². The van der Waals surface area contributed by atoms with Crippen LogP contribution in [0.4, 0.5) is 5.69 Å². The third-order valence-corrected chi connectivity index (χ3v) is 2.87. The van der Waals surface area contributed by atoms with E-state index in [0.29, 0.717) is 5.56 Å². The van der Waals surface area contributed by atoms with Crippen LogP contribution in [0.1, 0.15) is 15.9 Å². The summed E-state index contributed by atoms with van der Waals surface area (Å²) in [5.41, 5.74) is 2.47. The molecule has 0 unspecified atom stereocenters. The number of hydrogen-bond donors (Lipinski definition) is 1. The van der Waals surface area contributed by atoms with Crippen LogP contribution >= 0.6 is 12.4 Å². The zero-order valence-electron chi connectivity index (χ0n) is 10.1. The average molecular weight is 277 g/mol. The van der Waals surface area contributed by atoms with Gasteiger partial charge in [0.25, 0.3) is 5.91 Å². The molecule has 1 N–H and O–H groups in total. The molecule has 0 atom stereocenters. The second-order valence-corrected chi connectivity index (χ2v) is 4.12. The highest BCUT2D eigenvalue weighted by atomic mass is 35.5. The Hall–Kier alpha value is -2.07. The van der Waals surface area contributed by atoms with Crippen LogP contribution in [-0.2, 0) is 6.42 Å². The molecular formula is C14H13ClN2O2. The molecule has 2 aromatic rings. The number of aromatic nitrogens is 1. The van der Waals surface area contributed by atoms with Gasteiger partial charge in [0.05, 0.1) is 12.2 Å². The van der Waals surface area contributed by atoms with E-state index in [-0.39, 0.29) is 18.3 Å². The van der Waals surface area contributed by atoms with Crippen molar-refractivity contribution in [1.29, 1.82) is 0 Å². The number of nitrogens with zero attached hydrogens (tertiary/aromatic N) is 1. The first-order valence-corrected chi connectivity index (χ1v) is 5.80. The zero-order chi connectivity index (χ0) is 12.4. The summed E-state index contributed by atoms with van der Waals surface area (Å²) in [6, 6.07) is 9.17. The van der Waals surface area contributed by atoms with Gasteiger partial charge in [-0.15, -0.1) is 12.4 Å². The van der Waals surface area contributed by atoms with Gasteiger partial charge in [0, 0.05) is 24.5 Å². The summed E-state index contributed by atoms with van der Waals surface area (Å²) in [6.45, 7) is 0.718. The number of amides is 1. The van der Waals surface area contributed by atoms with Gasteiger partial charge in [0.15, 0.2) is 0 Å². The molecule has 0 aliphatic carbocycles. The lowest BCUT2D eigenvalue weighted by atomic mass is 10.1. The number of hydrogen-bond acceptors (Lipinski definition) is 3. The van der Waals surface area contributed by atoms with Crippen molar-refractivity contribution in [3.8, 4) is 5.75 Å². The molecule has 3 rings (SSSR count). The monoisotopic (exact) mass is 276 g/mol. The SMILES string of the molecule is Cl.O=C(Nc1ccc2c(c1)CCO2)c1cccnc1. The zero-order valence-corrected chi connectivity index (χ0v) is 10.9. The fourth-order valence-electron chi connectivity index (χ4n) is 1.96. The first-order valence-electron chi connectivity index (χ1n) is 5.80. The minimum absolute atomic E-state index is 0. The molecule has 0 bridgehead atoms. The van der Waals surface area contributed by atoms with Crippen LogP contribution in [0.15, 0.2) is 42.7 Å². The molecule has 1 aliphatic rings. The molecule has 1 aliphatic heterocycles. The first-order chi connectivity index (χ1) is 8.83. The third kappa shape index (κ3) is 2.85. The average Bonchev–Trinajstić information content (AvgIpc) is 2.87. The summed E-state index contributed by atoms with van der Waals surface area (Å²) in [5.74, 6) is 0.761. The van der Waals surface area contributed by atoms with E-state index in [2.05, 4.69) is 10.3 Å². The highest BCUT2D eigenvalue weighted by Gasteiger charge is 2.13. The molecule has 0 saturated heterocycles. The number of benzene rings is 1. The van der Waals surface area contributed by atoms with Crippen molar-refractivity contribution in [1.82, 2.24) is 4.98 Å². The van der Waals surface area contributed by atoms with Crippen molar-refractivity contribution in [3.05, 3.63) is 53.9 Å². The lowest BCUT2D eigenvalue weighted by Crippen LogP contribution is -2.12. The largest absolute Gasteiger partial charge is 0.493 e. The molecule has 98 valence electrons. The molecule has 0 fully saturated rings. The molecule has 1 aromatic carbocycles. The number of anilines is 1. The predicted molar refractivity (Wildman–Crippen MR) is 75.1 cm³/mol. The number of fused-ring (bicyclic) bond motifs is 1. The van der Waals surface area contributed by atoms with Gasteiger partial charge in [-0.25, -0.2) is 0 Å². The molecule has 4 nitrogen and oxygen atoms in total. The summed E-state index contributed by atoms with van der Waals surface area (Å²) < 4.78 is 5.42. The Kier molecular flexibility index (Phi) is 4.02. The van der Waals surface area contributed by atoms with E-state index in [1.54, 1.807) is 24.5 Å². The lowest BCUT2D eigenvalue weighted by molar-refractivity contribution is 0.102. The van der Waals surface area contributed by atoms with Crippen LogP contribution in [0.2, 0.25) is 0 Å². The van der Waals surface area contributed by atoms with Gasteiger partial charge < -0.3 is 10.1 Å². The van der Waals surface area contributed by atoms with Crippen LogP contribution in [0.5, 0.6) is 5.75 Å². The van der Waals surface area contributed by atoms with Crippen molar-refractivity contribution < 1.29 is 9.53 Å². The van der Waals surface area contributed by atoms with Crippen molar-refractivity contribution in [2.75, 3.05) is 11.9 Å². The molecule has 19 heavy (non-hydrogen) atoms. The predicted octanol–water partition coefficient (Wildman–Crippen LogP) is 2.69. The smallest absolute Gasteiger partial charge is 0.257 e. The van der Waals surface area contributed by atoms with Gasteiger partial charge in [-0.2, -0.15) is 0 Å². The molecule has 5 heteroatoms. The van der Waals surface area contributed by atoms with Crippen molar-refractivity contribution in [3.63, 3.8) is 0 Å². The number of carbonyl (C=O) groups excluding carboxylic acids is 1. The first kappa shape index (κ1) is 13.4. The normalized spacial score (nSPS) is 12.0. The Labute approximate surface area is 117 Å². The summed E-state index contributed by atoms with van der Waals surface area (Å²) in [4.78, 5) is 15.9. The quantitative estimate of drug-likeness (QED) is 0.917. The molecular weight excluding hydrogens is 264 g/mol. The Morgan fingerprint density at radius 2 is 2.21 bits per heavy atom. The van der Waals surface area contributed by atoms with Gasteiger partial charge in [-0.05, 0) is 35.9 Å². The maximum atomic E-state index is 11.9. The number of ether oxygens (including phenoxy) is 1. The number of pyridine rings is 1. The Balaban J connectivity index is 0.00000133. The fourth-order valence-corrected chi connectivity index (χ4v) is 1.96. The summed E-state index contributed by atoms with van der Waals surface area (Å²) >= 11 is 0. The second-order valence-electron chi connectivity index (χ2n) is 4.12. The van der Waals surface area contributed by atoms with E-state index in [9.17, 15) is 4.79 Å². The van der Waals surface area contributed by atoms with Crippen LogP contribution < -0.4 is 10.1 Å². The standard InChI is InChI=1S/C14H12N2O2.ClH/c17-14(11-2-1-6-15-9-11)16-12-3-4-13-10(8-12)5-7-18-13;/h1-4,6,8-9H,5,7H2,(H,16,17);1H. The third-order valence-electron chi connectivity index (χ3n) is 2.87.